The summed E-state index contributed by atoms with van der Waals surface area (Å²) in [6.07, 6.45) is -2.27. The first kappa shape index (κ1) is 34.0. The number of methoxy groups -OCH3 is 1. The fraction of sp³-hybridized carbons (Fsp3) is 0.828. The number of urea groups is 1. The Balaban J connectivity index is 1.61. The van der Waals surface area contributed by atoms with Crippen LogP contribution in [0.4, 0.5) is 4.79 Å². The average molecular weight is 627 g/mol. The quantitative estimate of drug-likeness (QED) is 0.139. The third kappa shape index (κ3) is 6.86. The maximum absolute atomic E-state index is 14.1. The molecule has 4 rings (SSSR count). The number of carbonyl (C=O) groups is 5. The van der Waals surface area contributed by atoms with Crippen LogP contribution in [-0.4, -0.2) is 130 Å². The third-order valence-electron chi connectivity index (χ3n) is 9.65. The van der Waals surface area contributed by atoms with Crippen LogP contribution in [0.1, 0.15) is 65.2 Å². The van der Waals surface area contributed by atoms with Gasteiger partial charge in [0.25, 0.3) is 5.91 Å². The molecule has 0 aromatic carbocycles. The number of likely N-dealkylation sites (N-methyl/N-ethyl adjacent to an activating group) is 1. The van der Waals surface area contributed by atoms with E-state index in [0.29, 0.717) is 19.5 Å². The number of hydrogen-bond acceptors (Lipinski definition) is 11. The minimum Gasteiger partial charge on any atom is -0.467 e. The number of rotatable bonds is 10. The van der Waals surface area contributed by atoms with Gasteiger partial charge in [-0.15, -0.1) is 0 Å². The Morgan fingerprint density at radius 1 is 0.977 bits per heavy atom. The molecule has 0 unspecified atom stereocenters. The first-order valence-electron chi connectivity index (χ1n) is 15.4. The molecule has 0 aromatic heterocycles. The van der Waals surface area contributed by atoms with E-state index in [1.807, 2.05) is 0 Å². The number of imide groups is 1. The Morgan fingerprint density at radius 3 is 2.18 bits per heavy atom. The van der Waals surface area contributed by atoms with Gasteiger partial charge in [-0.05, 0) is 45.4 Å². The summed E-state index contributed by atoms with van der Waals surface area (Å²) in [4.78, 5) is 76.0. The van der Waals surface area contributed by atoms with Gasteiger partial charge in [0.1, 0.15) is 23.9 Å². The highest BCUT2D eigenvalue weighted by Crippen LogP contribution is 2.36. The lowest BCUT2D eigenvalue weighted by atomic mass is 9.81. The minimum absolute atomic E-state index is 0.176. The molecule has 0 aromatic rings. The monoisotopic (exact) mass is 626 g/mol. The van der Waals surface area contributed by atoms with E-state index in [9.17, 15) is 39.3 Å². The summed E-state index contributed by atoms with van der Waals surface area (Å²) in [5.74, 6) is -4.58. The number of carbonyl (C=O) groups excluding carboxylic acids is 5. The number of ether oxygens (including phenoxy) is 2. The Kier molecular flexibility index (Phi) is 10.9. The summed E-state index contributed by atoms with van der Waals surface area (Å²) < 4.78 is 9.89. The molecule has 4 aliphatic rings. The molecule has 5 amide bonds. The molecular formula is C29H46N4O11. The van der Waals surface area contributed by atoms with Crippen LogP contribution in [0.3, 0.4) is 0 Å². The SMILES string of the molecule is COC(=O)[C@H]1O[C@@H](ONC(=O)[C@@H](CN2C(=O)N(C)C(C)(C)C2=O)[C@@H](CC2CCCC2)C(=O)N2CCCCC2)[C@H](O)[C@@H](O)[C@@H]1O. The van der Waals surface area contributed by atoms with Crippen molar-refractivity contribution in [1.82, 2.24) is 20.2 Å². The number of hydrogen-bond donors (Lipinski definition) is 4. The normalized spacial score (nSPS) is 30.8. The molecule has 0 bridgehead atoms. The number of piperidine rings is 1. The summed E-state index contributed by atoms with van der Waals surface area (Å²) >= 11 is 0. The highest BCUT2D eigenvalue weighted by atomic mass is 16.8. The van der Waals surface area contributed by atoms with Crippen molar-refractivity contribution in [3.63, 3.8) is 0 Å². The van der Waals surface area contributed by atoms with Gasteiger partial charge in [-0.3, -0.25) is 19.3 Å². The highest BCUT2D eigenvalue weighted by Gasteiger charge is 2.52. The molecule has 15 heteroatoms. The van der Waals surface area contributed by atoms with Crippen molar-refractivity contribution < 1.29 is 53.6 Å². The summed E-state index contributed by atoms with van der Waals surface area (Å²) in [7, 11) is 2.54. The number of nitrogens with one attached hydrogen (secondary N) is 1. The van der Waals surface area contributed by atoms with E-state index < -0.39 is 78.4 Å². The number of nitrogens with zero attached hydrogens (tertiary/aromatic N) is 3. The van der Waals surface area contributed by atoms with E-state index in [1.165, 1.54) is 11.9 Å². The highest BCUT2D eigenvalue weighted by molar-refractivity contribution is 6.06. The number of amides is 5. The lowest BCUT2D eigenvalue weighted by Crippen LogP contribution is -2.61. The van der Waals surface area contributed by atoms with Gasteiger partial charge in [-0.1, -0.05) is 25.7 Å². The fourth-order valence-electron chi connectivity index (χ4n) is 6.57. The molecule has 3 aliphatic heterocycles. The van der Waals surface area contributed by atoms with Gasteiger partial charge in [-0.25, -0.2) is 19.9 Å². The fourth-order valence-corrected chi connectivity index (χ4v) is 6.57. The van der Waals surface area contributed by atoms with Crippen LogP contribution in [0.2, 0.25) is 0 Å². The molecule has 3 heterocycles. The lowest BCUT2D eigenvalue weighted by molar-refractivity contribution is -0.307. The molecule has 1 aliphatic carbocycles. The van der Waals surface area contributed by atoms with Crippen molar-refractivity contribution in [2.75, 3.05) is 33.8 Å². The molecule has 0 radical (unpaired) electrons. The Morgan fingerprint density at radius 2 is 1.61 bits per heavy atom. The molecule has 7 atom stereocenters. The topological polar surface area (TPSA) is 195 Å². The molecule has 4 fully saturated rings. The van der Waals surface area contributed by atoms with Gasteiger partial charge < -0.3 is 34.6 Å². The molecule has 0 spiro atoms. The van der Waals surface area contributed by atoms with E-state index in [4.69, 9.17) is 9.57 Å². The molecular weight excluding hydrogens is 580 g/mol. The molecule has 4 N–H and O–H groups in total. The predicted molar refractivity (Wildman–Crippen MR) is 151 cm³/mol. The van der Waals surface area contributed by atoms with Crippen molar-refractivity contribution in [3.8, 4) is 0 Å². The number of esters is 1. The van der Waals surface area contributed by atoms with E-state index in [2.05, 4.69) is 10.2 Å². The molecule has 3 saturated heterocycles. The number of aliphatic hydroxyl groups excluding tert-OH is 3. The second kappa shape index (κ2) is 14.1. The van der Waals surface area contributed by atoms with Crippen LogP contribution in [0.25, 0.3) is 0 Å². The predicted octanol–water partition coefficient (Wildman–Crippen LogP) is -0.487. The zero-order chi connectivity index (χ0) is 32.3. The van der Waals surface area contributed by atoms with E-state index in [0.717, 1.165) is 57.0 Å². The summed E-state index contributed by atoms with van der Waals surface area (Å²) in [5.41, 5.74) is 1.03. The average Bonchev–Trinajstić information content (AvgIpc) is 3.59. The van der Waals surface area contributed by atoms with Crippen LogP contribution in [0.15, 0.2) is 0 Å². The van der Waals surface area contributed by atoms with E-state index in [-0.39, 0.29) is 11.8 Å². The van der Waals surface area contributed by atoms with E-state index in [1.54, 1.807) is 18.7 Å². The number of likely N-dealkylation sites (tertiary alicyclic amines) is 1. The smallest absolute Gasteiger partial charge is 0.337 e. The molecule has 15 nitrogen and oxygen atoms in total. The number of hydroxylamine groups is 1. The van der Waals surface area contributed by atoms with E-state index >= 15 is 0 Å². The van der Waals surface area contributed by atoms with Crippen molar-refractivity contribution >= 4 is 29.7 Å². The van der Waals surface area contributed by atoms with Crippen LogP contribution < -0.4 is 5.48 Å². The summed E-state index contributed by atoms with van der Waals surface area (Å²) in [5, 5.41) is 30.9. The Hall–Kier alpha value is -2.85. The van der Waals surface area contributed by atoms with Gasteiger partial charge in [0.05, 0.1) is 18.9 Å². The maximum Gasteiger partial charge on any atom is 0.337 e. The largest absolute Gasteiger partial charge is 0.467 e. The Bertz CT molecular complexity index is 1090. The van der Waals surface area contributed by atoms with Gasteiger partial charge in [-0.2, -0.15) is 0 Å². The lowest BCUT2D eigenvalue weighted by Gasteiger charge is -2.39. The zero-order valence-corrected chi connectivity index (χ0v) is 25.8. The van der Waals surface area contributed by atoms with Gasteiger partial charge >= 0.3 is 12.0 Å². The minimum atomic E-state index is -1.88. The van der Waals surface area contributed by atoms with Crippen molar-refractivity contribution in [1.29, 1.82) is 0 Å². The Labute approximate surface area is 256 Å². The first-order valence-corrected chi connectivity index (χ1v) is 15.4. The van der Waals surface area contributed by atoms with Gasteiger partial charge in [0.2, 0.25) is 18.1 Å². The van der Waals surface area contributed by atoms with Crippen molar-refractivity contribution in [2.45, 2.75) is 101 Å². The zero-order valence-electron chi connectivity index (χ0n) is 25.8. The second-order valence-electron chi connectivity index (χ2n) is 12.8. The van der Waals surface area contributed by atoms with Crippen LogP contribution in [0, 0.1) is 17.8 Å². The van der Waals surface area contributed by atoms with Crippen molar-refractivity contribution in [3.05, 3.63) is 0 Å². The number of aliphatic hydroxyl groups is 3. The summed E-state index contributed by atoms with van der Waals surface area (Å²) in [6, 6.07) is -0.604. The first-order chi connectivity index (χ1) is 20.8. The molecule has 44 heavy (non-hydrogen) atoms. The van der Waals surface area contributed by atoms with Crippen LogP contribution >= 0.6 is 0 Å². The third-order valence-corrected chi connectivity index (χ3v) is 9.65. The van der Waals surface area contributed by atoms with Crippen LogP contribution in [-0.2, 0) is 33.5 Å². The standard InChI is InChI=1S/C29H46N4O11/c1-29(2)27(40)33(28(41)31(29)3)15-18(17(14-16-10-6-7-11-16)24(38)32-12-8-5-9-13-32)23(37)30-44-26-21(36)19(34)20(35)22(43-26)25(39)42-4/h16-22,26,34-36H,5-15H2,1-4H3,(H,30,37)/t17-,18+,19+,20+,21-,22+,26+/m1/s1. The maximum atomic E-state index is 14.1. The van der Waals surface area contributed by atoms with Gasteiger partial charge in [0, 0.05) is 26.7 Å². The molecule has 248 valence electrons. The molecule has 1 saturated carbocycles. The second-order valence-corrected chi connectivity index (χ2v) is 12.8. The van der Waals surface area contributed by atoms with Gasteiger partial charge in [0.15, 0.2) is 6.10 Å². The van der Waals surface area contributed by atoms with Crippen molar-refractivity contribution in [2.24, 2.45) is 17.8 Å². The van der Waals surface area contributed by atoms with Crippen LogP contribution in [0.5, 0.6) is 0 Å². The summed E-state index contributed by atoms with van der Waals surface area (Å²) in [6.45, 7) is 3.88.